The number of hydrogen-bond acceptors (Lipinski definition) is 1. The summed E-state index contributed by atoms with van der Waals surface area (Å²) in [6, 6.07) is 16.9. The van der Waals surface area contributed by atoms with Gasteiger partial charge in [0.1, 0.15) is 5.75 Å². The summed E-state index contributed by atoms with van der Waals surface area (Å²) in [6.45, 7) is 2.18. The van der Waals surface area contributed by atoms with Crippen molar-refractivity contribution in [2.75, 3.05) is 7.11 Å². The Labute approximate surface area is 105 Å². The van der Waals surface area contributed by atoms with E-state index in [0.717, 1.165) is 20.5 Å². The maximum atomic E-state index is 5.15. The van der Waals surface area contributed by atoms with Gasteiger partial charge in [-0.15, -0.1) is 0 Å². The molecular weight excluding hydrogens is 227 g/mol. The van der Waals surface area contributed by atoms with E-state index in [-0.39, 0.29) is 0 Å². The van der Waals surface area contributed by atoms with Gasteiger partial charge >= 0.3 is 0 Å². The average Bonchev–Trinajstić information content (AvgIpc) is 2.38. The maximum absolute atomic E-state index is 5.15. The van der Waals surface area contributed by atoms with Crippen molar-refractivity contribution >= 4 is 13.9 Å². The number of ether oxygens (including phenoxy) is 1. The Hall–Kier alpha value is -1.33. The van der Waals surface area contributed by atoms with E-state index in [0.29, 0.717) is 0 Å². The van der Waals surface area contributed by atoms with Crippen molar-refractivity contribution in [2.24, 2.45) is 0 Å². The summed E-state index contributed by atoms with van der Waals surface area (Å²) >= 11 is 0. The average molecular weight is 244 g/mol. The van der Waals surface area contributed by atoms with Crippen LogP contribution >= 0.6 is 8.58 Å². The van der Waals surface area contributed by atoms with Gasteiger partial charge in [-0.3, -0.25) is 0 Å². The lowest BCUT2D eigenvalue weighted by atomic mass is 10.2. The summed E-state index contributed by atoms with van der Waals surface area (Å²) in [5, 5.41) is 1.46. The third-order valence-electron chi connectivity index (χ3n) is 2.79. The van der Waals surface area contributed by atoms with E-state index in [1.54, 1.807) is 7.11 Å². The van der Waals surface area contributed by atoms with Crippen LogP contribution in [0.5, 0.6) is 5.75 Å². The molecule has 88 valence electrons. The van der Waals surface area contributed by atoms with E-state index in [2.05, 4.69) is 43.3 Å². The molecule has 0 N–H and O–H groups in total. The van der Waals surface area contributed by atoms with Gasteiger partial charge in [0.25, 0.3) is 0 Å². The zero-order chi connectivity index (χ0) is 12.1. The lowest BCUT2D eigenvalue weighted by Crippen LogP contribution is -1.99. The molecule has 1 atom stereocenters. The second-order valence-electron chi connectivity index (χ2n) is 4.02. The highest BCUT2D eigenvalue weighted by Gasteiger charge is 1.99. The van der Waals surface area contributed by atoms with Crippen LogP contribution in [0.15, 0.2) is 48.5 Å². The van der Waals surface area contributed by atoms with Crippen molar-refractivity contribution in [3.05, 3.63) is 59.7 Å². The Kier molecular flexibility index (Phi) is 4.17. The van der Waals surface area contributed by atoms with Crippen molar-refractivity contribution in [1.82, 2.24) is 0 Å². The molecule has 0 amide bonds. The first-order chi connectivity index (χ1) is 8.29. The van der Waals surface area contributed by atoms with Crippen LogP contribution in [-0.2, 0) is 6.16 Å². The Balaban J connectivity index is 2.00. The van der Waals surface area contributed by atoms with E-state index >= 15 is 0 Å². The third kappa shape index (κ3) is 3.31. The minimum absolute atomic E-state index is 0.837. The number of hydrogen-bond donors (Lipinski definition) is 0. The summed E-state index contributed by atoms with van der Waals surface area (Å²) in [5.41, 5.74) is 2.76. The number of benzene rings is 2. The lowest BCUT2D eigenvalue weighted by molar-refractivity contribution is 0.414. The molecule has 0 aliphatic rings. The molecule has 0 aromatic heterocycles. The van der Waals surface area contributed by atoms with E-state index < -0.39 is 0 Å². The van der Waals surface area contributed by atoms with Gasteiger partial charge in [-0.05, 0) is 41.6 Å². The summed E-state index contributed by atoms with van der Waals surface area (Å²) in [5.74, 6) is 0.924. The maximum Gasteiger partial charge on any atom is 0.118 e. The van der Waals surface area contributed by atoms with Crippen LogP contribution < -0.4 is 10.0 Å². The molecule has 0 heterocycles. The molecule has 2 heteroatoms. The summed E-state index contributed by atoms with van der Waals surface area (Å²) < 4.78 is 5.15. The molecule has 0 aliphatic heterocycles. The monoisotopic (exact) mass is 244 g/mol. The molecule has 0 fully saturated rings. The lowest BCUT2D eigenvalue weighted by Gasteiger charge is -2.06. The summed E-state index contributed by atoms with van der Waals surface area (Å²) in [6.07, 6.45) is 1.11. The van der Waals surface area contributed by atoms with Crippen molar-refractivity contribution < 1.29 is 4.74 Å². The highest BCUT2D eigenvalue weighted by atomic mass is 31.1. The molecular formula is C15H17OP. The second kappa shape index (κ2) is 5.84. The Morgan fingerprint density at radius 1 is 1.00 bits per heavy atom. The van der Waals surface area contributed by atoms with Crippen molar-refractivity contribution in [1.29, 1.82) is 0 Å². The number of aryl methyl sites for hydroxylation is 1. The third-order valence-corrected chi connectivity index (χ3v) is 4.31. The SMILES string of the molecule is COc1ccc(CPc2ccccc2C)cc1. The quantitative estimate of drug-likeness (QED) is 0.748. The van der Waals surface area contributed by atoms with E-state index in [1.165, 1.54) is 16.4 Å². The molecule has 0 saturated carbocycles. The highest BCUT2D eigenvalue weighted by molar-refractivity contribution is 7.46. The topological polar surface area (TPSA) is 9.23 Å². The van der Waals surface area contributed by atoms with E-state index in [4.69, 9.17) is 4.74 Å². The molecule has 2 aromatic carbocycles. The summed E-state index contributed by atoms with van der Waals surface area (Å²) in [4.78, 5) is 0. The number of rotatable bonds is 4. The first-order valence-corrected chi connectivity index (χ1v) is 6.93. The predicted octanol–water partition coefficient (Wildman–Crippen LogP) is 3.51. The van der Waals surface area contributed by atoms with Gasteiger partial charge in [-0.2, -0.15) is 0 Å². The van der Waals surface area contributed by atoms with Gasteiger partial charge in [-0.1, -0.05) is 45.0 Å². The fourth-order valence-corrected chi connectivity index (χ4v) is 2.92. The molecule has 2 aromatic rings. The van der Waals surface area contributed by atoms with Crippen LogP contribution in [0, 0.1) is 6.92 Å². The largest absolute Gasteiger partial charge is 0.497 e. The van der Waals surface area contributed by atoms with Gasteiger partial charge < -0.3 is 4.74 Å². The number of methoxy groups -OCH3 is 1. The molecule has 1 unspecified atom stereocenters. The van der Waals surface area contributed by atoms with Crippen LogP contribution in [0.2, 0.25) is 0 Å². The van der Waals surface area contributed by atoms with E-state index in [9.17, 15) is 0 Å². The van der Waals surface area contributed by atoms with Crippen molar-refractivity contribution in [3.63, 3.8) is 0 Å². The Morgan fingerprint density at radius 3 is 2.35 bits per heavy atom. The Bertz CT molecular complexity index is 477. The Morgan fingerprint density at radius 2 is 1.71 bits per heavy atom. The van der Waals surface area contributed by atoms with Crippen LogP contribution in [0.1, 0.15) is 11.1 Å². The molecule has 17 heavy (non-hydrogen) atoms. The van der Waals surface area contributed by atoms with E-state index in [1.807, 2.05) is 12.1 Å². The molecule has 0 aliphatic carbocycles. The molecule has 1 nitrogen and oxygen atoms in total. The predicted molar refractivity (Wildman–Crippen MR) is 75.8 cm³/mol. The van der Waals surface area contributed by atoms with Gasteiger partial charge in [0.05, 0.1) is 7.11 Å². The van der Waals surface area contributed by atoms with Gasteiger partial charge in [0, 0.05) is 0 Å². The molecule has 0 bridgehead atoms. The standard InChI is InChI=1S/C15H17OP/c1-12-5-3-4-6-15(12)17-11-13-7-9-14(16-2)10-8-13/h3-10,17H,11H2,1-2H3. The minimum atomic E-state index is 0.837. The summed E-state index contributed by atoms with van der Waals surface area (Å²) in [7, 11) is 2.54. The molecule has 2 rings (SSSR count). The zero-order valence-corrected chi connectivity index (χ0v) is 11.2. The van der Waals surface area contributed by atoms with Crippen LogP contribution in [0.4, 0.5) is 0 Å². The smallest absolute Gasteiger partial charge is 0.118 e. The van der Waals surface area contributed by atoms with Crippen molar-refractivity contribution in [3.8, 4) is 5.75 Å². The molecule has 0 radical (unpaired) electrons. The highest BCUT2D eigenvalue weighted by Crippen LogP contribution is 2.21. The van der Waals surface area contributed by atoms with Gasteiger partial charge in [0.15, 0.2) is 0 Å². The van der Waals surface area contributed by atoms with Crippen LogP contribution in [-0.4, -0.2) is 7.11 Å². The van der Waals surface area contributed by atoms with Crippen molar-refractivity contribution in [2.45, 2.75) is 13.1 Å². The first-order valence-electron chi connectivity index (χ1n) is 5.72. The minimum Gasteiger partial charge on any atom is -0.497 e. The van der Waals surface area contributed by atoms with Crippen LogP contribution in [0.25, 0.3) is 0 Å². The van der Waals surface area contributed by atoms with Crippen LogP contribution in [0.3, 0.4) is 0 Å². The second-order valence-corrected chi connectivity index (χ2v) is 5.26. The fraction of sp³-hybridized carbons (Fsp3) is 0.200. The molecule has 0 spiro atoms. The first kappa shape index (κ1) is 12.1. The zero-order valence-electron chi connectivity index (χ0n) is 10.2. The molecule has 0 saturated heterocycles. The van der Waals surface area contributed by atoms with Gasteiger partial charge in [0.2, 0.25) is 0 Å². The van der Waals surface area contributed by atoms with Gasteiger partial charge in [-0.25, -0.2) is 0 Å². The normalized spacial score (nSPS) is 10.9. The fourth-order valence-electron chi connectivity index (χ4n) is 1.71.